The van der Waals surface area contributed by atoms with Crippen LogP contribution in [0.4, 0.5) is 0 Å². The summed E-state index contributed by atoms with van der Waals surface area (Å²) in [4.78, 5) is 24.7. The molecule has 0 unspecified atom stereocenters. The minimum atomic E-state index is -0.384. The van der Waals surface area contributed by atoms with Gasteiger partial charge in [-0.2, -0.15) is 0 Å². The van der Waals surface area contributed by atoms with Gasteiger partial charge in [-0.25, -0.2) is 4.68 Å². The number of halogens is 1. The largest absolute Gasteiger partial charge is 0.350 e. The van der Waals surface area contributed by atoms with Crippen molar-refractivity contribution in [2.75, 3.05) is 6.54 Å². The summed E-state index contributed by atoms with van der Waals surface area (Å²) in [5.41, 5.74) is 2.93. The normalized spacial score (nSPS) is 13.1. The second-order valence-electron chi connectivity index (χ2n) is 6.93. The third-order valence-corrected chi connectivity index (χ3v) is 5.23. The predicted molar refractivity (Wildman–Crippen MR) is 112 cm³/mol. The lowest BCUT2D eigenvalue weighted by atomic mass is 10.2. The molecule has 0 radical (unpaired) electrons. The Labute approximate surface area is 176 Å². The van der Waals surface area contributed by atoms with Crippen molar-refractivity contribution in [1.29, 1.82) is 0 Å². The highest BCUT2D eigenvalue weighted by atomic mass is 79.9. The summed E-state index contributed by atoms with van der Waals surface area (Å²) in [6.45, 7) is 0.309. The first-order valence-electron chi connectivity index (χ1n) is 9.42. The second kappa shape index (κ2) is 8.57. The Morgan fingerprint density at radius 1 is 1.03 bits per heavy atom. The van der Waals surface area contributed by atoms with Gasteiger partial charge in [-0.15, -0.1) is 5.10 Å². The van der Waals surface area contributed by atoms with Crippen molar-refractivity contribution in [3.05, 3.63) is 76.0 Å². The molecule has 1 fully saturated rings. The summed E-state index contributed by atoms with van der Waals surface area (Å²) >= 11 is 3.42. The van der Waals surface area contributed by atoms with Crippen molar-refractivity contribution in [3.63, 3.8) is 0 Å². The molecule has 1 aliphatic rings. The highest BCUT2D eigenvalue weighted by Crippen LogP contribution is 2.42. The van der Waals surface area contributed by atoms with Crippen LogP contribution in [0.1, 0.15) is 40.5 Å². The summed E-state index contributed by atoms with van der Waals surface area (Å²) in [5, 5.41) is 13.7. The zero-order chi connectivity index (χ0) is 20.2. The van der Waals surface area contributed by atoms with Gasteiger partial charge in [0.1, 0.15) is 0 Å². The maximum Gasteiger partial charge on any atom is 0.274 e. The van der Waals surface area contributed by atoms with Crippen LogP contribution >= 0.6 is 15.9 Å². The van der Waals surface area contributed by atoms with Gasteiger partial charge in [-0.1, -0.05) is 51.5 Å². The van der Waals surface area contributed by atoms with Gasteiger partial charge in [-0.3, -0.25) is 9.59 Å². The molecule has 2 aromatic carbocycles. The number of hydrogen-bond acceptors (Lipinski definition) is 4. The molecule has 29 heavy (non-hydrogen) atoms. The Balaban J connectivity index is 1.41. The van der Waals surface area contributed by atoms with E-state index in [1.807, 2.05) is 54.6 Å². The van der Waals surface area contributed by atoms with Crippen LogP contribution in [-0.4, -0.2) is 33.4 Å². The van der Waals surface area contributed by atoms with Gasteiger partial charge in [0.25, 0.3) is 5.91 Å². The van der Waals surface area contributed by atoms with E-state index in [0.717, 1.165) is 34.3 Å². The summed E-state index contributed by atoms with van der Waals surface area (Å²) in [6, 6.07) is 17.3. The molecule has 0 aliphatic heterocycles. The summed E-state index contributed by atoms with van der Waals surface area (Å²) in [5.74, 6) is -0.373. The lowest BCUT2D eigenvalue weighted by Gasteiger charge is -2.08. The van der Waals surface area contributed by atoms with Gasteiger partial charge in [-0.05, 0) is 42.7 Å². The highest BCUT2D eigenvalue weighted by Gasteiger charge is 2.34. The van der Waals surface area contributed by atoms with E-state index in [1.54, 1.807) is 4.68 Å². The Kier molecular flexibility index (Phi) is 5.71. The first-order valence-corrected chi connectivity index (χ1v) is 10.2. The minimum absolute atomic E-state index is 0.110. The maximum atomic E-state index is 12.7. The van der Waals surface area contributed by atoms with Crippen LogP contribution in [0.15, 0.2) is 59.1 Å². The molecule has 1 aliphatic carbocycles. The van der Waals surface area contributed by atoms with Crippen molar-refractivity contribution < 1.29 is 9.59 Å². The Morgan fingerprint density at radius 3 is 2.45 bits per heavy atom. The van der Waals surface area contributed by atoms with Gasteiger partial charge in [0.15, 0.2) is 5.69 Å². The Hall–Kier alpha value is -3.00. The number of carbonyl (C=O) groups is 2. The third-order valence-electron chi connectivity index (χ3n) is 4.70. The quantitative estimate of drug-likeness (QED) is 0.575. The molecular weight excluding hydrogens is 434 g/mol. The highest BCUT2D eigenvalue weighted by molar-refractivity contribution is 9.10. The third kappa shape index (κ3) is 4.71. The number of amides is 2. The average molecular weight is 454 g/mol. The number of nitrogens with one attached hydrogen (secondary N) is 2. The molecule has 0 spiro atoms. The van der Waals surface area contributed by atoms with Crippen molar-refractivity contribution in [3.8, 4) is 5.69 Å². The summed E-state index contributed by atoms with van der Waals surface area (Å²) < 4.78 is 2.68. The van der Waals surface area contributed by atoms with Crippen LogP contribution in [0.25, 0.3) is 5.69 Å². The standard InChI is InChI=1S/C21H20BrN5O2/c22-16-8-10-17(11-9-16)27-20(15-6-7-15)19(25-26-27)21(29)24-13-18(28)23-12-14-4-2-1-3-5-14/h1-5,8-11,15H,6-7,12-13H2,(H,23,28)(H,24,29). The SMILES string of the molecule is O=C(CNC(=O)c1nnn(-c2ccc(Br)cc2)c1C1CC1)NCc1ccccc1. The van der Waals surface area contributed by atoms with Crippen molar-refractivity contribution in [2.45, 2.75) is 25.3 Å². The molecule has 1 heterocycles. The van der Waals surface area contributed by atoms with Gasteiger partial charge < -0.3 is 10.6 Å². The topological polar surface area (TPSA) is 88.9 Å². The van der Waals surface area contributed by atoms with Crippen LogP contribution in [0.2, 0.25) is 0 Å². The molecule has 0 bridgehead atoms. The lowest BCUT2D eigenvalue weighted by Crippen LogP contribution is -2.37. The maximum absolute atomic E-state index is 12.7. The molecule has 8 heteroatoms. The second-order valence-corrected chi connectivity index (χ2v) is 7.85. The fourth-order valence-corrected chi connectivity index (χ4v) is 3.31. The molecule has 0 saturated heterocycles. The average Bonchev–Trinajstić information content (AvgIpc) is 3.49. The summed E-state index contributed by atoms with van der Waals surface area (Å²) in [6.07, 6.45) is 2.00. The van der Waals surface area contributed by atoms with E-state index in [-0.39, 0.29) is 30.0 Å². The van der Waals surface area contributed by atoms with Crippen molar-refractivity contribution in [1.82, 2.24) is 25.6 Å². The smallest absolute Gasteiger partial charge is 0.274 e. The fraction of sp³-hybridized carbons (Fsp3) is 0.238. The van der Waals surface area contributed by atoms with Crippen LogP contribution in [0.5, 0.6) is 0 Å². The van der Waals surface area contributed by atoms with Crippen LogP contribution in [0, 0.1) is 0 Å². The van der Waals surface area contributed by atoms with E-state index in [2.05, 4.69) is 36.9 Å². The van der Waals surface area contributed by atoms with Crippen LogP contribution < -0.4 is 10.6 Å². The molecule has 7 nitrogen and oxygen atoms in total. The first kappa shape index (κ1) is 19.3. The van der Waals surface area contributed by atoms with E-state index >= 15 is 0 Å². The van der Waals surface area contributed by atoms with Crippen LogP contribution in [0.3, 0.4) is 0 Å². The zero-order valence-electron chi connectivity index (χ0n) is 15.6. The molecule has 2 amide bonds. The van der Waals surface area contributed by atoms with Gasteiger partial charge >= 0.3 is 0 Å². The first-order chi connectivity index (χ1) is 14.1. The summed E-state index contributed by atoms with van der Waals surface area (Å²) in [7, 11) is 0. The number of hydrogen-bond donors (Lipinski definition) is 2. The number of benzene rings is 2. The lowest BCUT2D eigenvalue weighted by molar-refractivity contribution is -0.120. The molecule has 1 aromatic heterocycles. The Bertz CT molecular complexity index is 1010. The van der Waals surface area contributed by atoms with Gasteiger partial charge in [0, 0.05) is 16.9 Å². The van der Waals surface area contributed by atoms with E-state index in [9.17, 15) is 9.59 Å². The zero-order valence-corrected chi connectivity index (χ0v) is 17.2. The van der Waals surface area contributed by atoms with Crippen LogP contribution in [-0.2, 0) is 11.3 Å². The molecule has 4 rings (SSSR count). The van der Waals surface area contributed by atoms with Gasteiger partial charge in [0.05, 0.1) is 17.9 Å². The van der Waals surface area contributed by atoms with E-state index in [1.165, 1.54) is 0 Å². The van der Waals surface area contributed by atoms with E-state index in [4.69, 9.17) is 0 Å². The number of rotatable bonds is 7. The predicted octanol–water partition coefficient (Wildman–Crippen LogP) is 2.95. The molecule has 3 aromatic rings. The monoisotopic (exact) mass is 453 g/mol. The fourth-order valence-electron chi connectivity index (χ4n) is 3.05. The van der Waals surface area contributed by atoms with Crippen molar-refractivity contribution >= 4 is 27.7 Å². The number of nitrogens with zero attached hydrogens (tertiary/aromatic N) is 3. The molecule has 148 valence electrons. The number of carbonyl (C=O) groups excluding carboxylic acids is 2. The molecule has 1 saturated carbocycles. The van der Waals surface area contributed by atoms with Crippen molar-refractivity contribution in [2.24, 2.45) is 0 Å². The van der Waals surface area contributed by atoms with Gasteiger partial charge in [0.2, 0.25) is 5.91 Å². The molecule has 2 N–H and O–H groups in total. The Morgan fingerprint density at radius 2 is 1.76 bits per heavy atom. The molecule has 0 atom stereocenters. The minimum Gasteiger partial charge on any atom is -0.350 e. The number of aromatic nitrogens is 3. The van der Waals surface area contributed by atoms with E-state index in [0.29, 0.717) is 6.54 Å². The van der Waals surface area contributed by atoms with E-state index < -0.39 is 0 Å². The molecular formula is C21H20BrN5O2.